The zero-order chi connectivity index (χ0) is 19.3. The fraction of sp³-hybridized carbons (Fsp3) is 0.273. The normalized spacial score (nSPS) is 23.8. The zero-order valence-corrected chi connectivity index (χ0v) is 17.2. The van der Waals surface area contributed by atoms with Crippen LogP contribution >= 0.6 is 23.4 Å². The molecule has 0 unspecified atom stereocenters. The van der Waals surface area contributed by atoms with Gasteiger partial charge in [0.05, 0.1) is 5.69 Å². The molecule has 4 nitrogen and oxygen atoms in total. The first-order valence-electron chi connectivity index (χ1n) is 9.38. The number of rotatable bonds is 3. The molecule has 0 amide bonds. The topological polar surface area (TPSA) is 41.6 Å². The first kappa shape index (κ1) is 17.8. The molecule has 0 aliphatic carbocycles. The third-order valence-corrected chi connectivity index (χ3v) is 6.77. The number of furan rings is 1. The number of pyridine rings is 1. The van der Waals surface area contributed by atoms with Crippen molar-refractivity contribution in [2.24, 2.45) is 4.99 Å². The van der Waals surface area contributed by atoms with Crippen molar-refractivity contribution in [2.75, 3.05) is 6.54 Å². The van der Waals surface area contributed by atoms with Crippen LogP contribution in [0.3, 0.4) is 0 Å². The molecule has 28 heavy (non-hydrogen) atoms. The van der Waals surface area contributed by atoms with E-state index in [4.69, 9.17) is 21.0 Å². The summed E-state index contributed by atoms with van der Waals surface area (Å²) in [5, 5.41) is 2.36. The largest absolute Gasteiger partial charge is 0.459 e. The number of aliphatic imine (C=N–C) groups is 1. The average molecular weight is 410 g/mol. The molecule has 0 N–H and O–H groups in total. The predicted molar refractivity (Wildman–Crippen MR) is 115 cm³/mol. The number of hydrogen-bond acceptors (Lipinski definition) is 5. The second-order valence-corrected chi connectivity index (χ2v) is 9.12. The van der Waals surface area contributed by atoms with Gasteiger partial charge in [-0.3, -0.25) is 4.98 Å². The van der Waals surface area contributed by atoms with E-state index in [9.17, 15) is 0 Å². The van der Waals surface area contributed by atoms with Gasteiger partial charge in [0.2, 0.25) is 0 Å². The number of benzene rings is 1. The molecule has 0 spiro atoms. The van der Waals surface area contributed by atoms with Crippen molar-refractivity contribution in [3.8, 4) is 11.3 Å². The lowest BCUT2D eigenvalue weighted by atomic mass is 10.0. The lowest BCUT2D eigenvalue weighted by Gasteiger charge is -2.25. The molecule has 142 valence electrons. The number of halogens is 1. The number of fused-ring (bicyclic) bond motifs is 1. The molecule has 1 saturated heterocycles. The minimum atomic E-state index is -0.0585. The van der Waals surface area contributed by atoms with Crippen molar-refractivity contribution in [1.82, 2.24) is 9.88 Å². The van der Waals surface area contributed by atoms with Gasteiger partial charge in [0, 0.05) is 28.6 Å². The minimum Gasteiger partial charge on any atom is -0.459 e. The standard InChI is InChI=1S/C22H20ClN3OS/c1-13-6-7-15(11-16(13)23)18-8-9-19(27-18)21-20(17-5-3-4-10-24-17)25-22-26(21)12-14(2)28-22/h3-11,14,20-21H,12H2,1-2H3/t14-,20-,21-/m1/s1. The van der Waals surface area contributed by atoms with Gasteiger partial charge >= 0.3 is 0 Å². The number of amidine groups is 1. The maximum absolute atomic E-state index is 6.33. The van der Waals surface area contributed by atoms with Crippen molar-refractivity contribution in [1.29, 1.82) is 0 Å². The Bertz CT molecular complexity index is 1050. The van der Waals surface area contributed by atoms with E-state index in [1.807, 2.05) is 67.3 Å². The summed E-state index contributed by atoms with van der Waals surface area (Å²) in [6.07, 6.45) is 1.83. The number of thioether (sulfide) groups is 1. The van der Waals surface area contributed by atoms with Crippen molar-refractivity contribution in [3.05, 3.63) is 76.8 Å². The molecule has 1 fully saturated rings. The third kappa shape index (κ3) is 3.03. The van der Waals surface area contributed by atoms with Crippen LogP contribution in [0.5, 0.6) is 0 Å². The van der Waals surface area contributed by atoms with E-state index in [1.165, 1.54) is 0 Å². The van der Waals surface area contributed by atoms with Gasteiger partial charge in [-0.25, -0.2) is 4.99 Å². The summed E-state index contributed by atoms with van der Waals surface area (Å²) in [6, 6.07) is 16.1. The number of aromatic nitrogens is 1. The van der Waals surface area contributed by atoms with Crippen molar-refractivity contribution >= 4 is 28.5 Å². The lowest BCUT2D eigenvalue weighted by molar-refractivity contribution is 0.277. The van der Waals surface area contributed by atoms with Gasteiger partial charge in [0.1, 0.15) is 23.6 Å². The Labute approximate surface area is 173 Å². The molecule has 0 radical (unpaired) electrons. The molecule has 0 saturated carbocycles. The highest BCUT2D eigenvalue weighted by molar-refractivity contribution is 8.14. The van der Waals surface area contributed by atoms with E-state index in [1.54, 1.807) is 0 Å². The maximum Gasteiger partial charge on any atom is 0.161 e. The molecular weight excluding hydrogens is 390 g/mol. The fourth-order valence-electron chi connectivity index (χ4n) is 3.84. The maximum atomic E-state index is 6.33. The smallest absolute Gasteiger partial charge is 0.161 e. The van der Waals surface area contributed by atoms with Crippen molar-refractivity contribution in [2.45, 2.75) is 31.2 Å². The van der Waals surface area contributed by atoms with Gasteiger partial charge in [-0.15, -0.1) is 0 Å². The Kier molecular flexibility index (Phi) is 4.44. The highest BCUT2D eigenvalue weighted by atomic mass is 35.5. The van der Waals surface area contributed by atoms with Crippen LogP contribution in [0.25, 0.3) is 11.3 Å². The van der Waals surface area contributed by atoms with Crippen molar-refractivity contribution < 1.29 is 4.42 Å². The van der Waals surface area contributed by atoms with E-state index < -0.39 is 0 Å². The molecule has 6 heteroatoms. The molecule has 2 aliphatic rings. The highest BCUT2D eigenvalue weighted by Gasteiger charge is 2.45. The lowest BCUT2D eigenvalue weighted by Crippen LogP contribution is -2.28. The van der Waals surface area contributed by atoms with E-state index >= 15 is 0 Å². The van der Waals surface area contributed by atoms with Gasteiger partial charge in [-0.2, -0.15) is 0 Å². The van der Waals surface area contributed by atoms with Crippen LogP contribution in [-0.4, -0.2) is 26.8 Å². The Morgan fingerprint density at radius 2 is 2.07 bits per heavy atom. The summed E-state index contributed by atoms with van der Waals surface area (Å²) in [5.41, 5.74) is 3.02. The Morgan fingerprint density at radius 1 is 1.18 bits per heavy atom. The Balaban J connectivity index is 1.53. The van der Waals surface area contributed by atoms with E-state index in [0.717, 1.165) is 45.1 Å². The van der Waals surface area contributed by atoms with E-state index in [-0.39, 0.29) is 12.1 Å². The summed E-state index contributed by atoms with van der Waals surface area (Å²) in [4.78, 5) is 11.9. The van der Waals surface area contributed by atoms with Crippen LogP contribution in [0.1, 0.15) is 36.0 Å². The molecule has 0 bridgehead atoms. The number of hydrogen-bond donors (Lipinski definition) is 0. The van der Waals surface area contributed by atoms with E-state index in [0.29, 0.717) is 5.25 Å². The molecule has 2 aliphatic heterocycles. The summed E-state index contributed by atoms with van der Waals surface area (Å²) < 4.78 is 6.33. The minimum absolute atomic E-state index is 0.0250. The van der Waals surface area contributed by atoms with E-state index in [2.05, 4.69) is 22.9 Å². The average Bonchev–Trinajstić information content (AvgIpc) is 3.38. The summed E-state index contributed by atoms with van der Waals surface area (Å²) in [6.45, 7) is 5.20. The fourth-order valence-corrected chi connectivity index (χ4v) is 5.11. The predicted octanol–water partition coefficient (Wildman–Crippen LogP) is 5.89. The van der Waals surface area contributed by atoms with Crippen LogP contribution in [0.4, 0.5) is 0 Å². The molecule has 3 aromatic rings. The monoisotopic (exact) mass is 409 g/mol. The first-order chi connectivity index (χ1) is 13.6. The summed E-state index contributed by atoms with van der Waals surface area (Å²) in [7, 11) is 0. The van der Waals surface area contributed by atoms with Gasteiger partial charge in [0.15, 0.2) is 5.17 Å². The number of aryl methyl sites for hydroxylation is 1. The van der Waals surface area contributed by atoms with Gasteiger partial charge < -0.3 is 9.32 Å². The summed E-state index contributed by atoms with van der Waals surface area (Å²) >= 11 is 8.14. The van der Waals surface area contributed by atoms with Gasteiger partial charge in [0.25, 0.3) is 0 Å². The van der Waals surface area contributed by atoms with Crippen LogP contribution in [0, 0.1) is 6.92 Å². The highest BCUT2D eigenvalue weighted by Crippen LogP contribution is 2.48. The van der Waals surface area contributed by atoms with Crippen LogP contribution in [0.2, 0.25) is 5.02 Å². The molecule has 3 atom stereocenters. The SMILES string of the molecule is Cc1ccc(-c2ccc([C@@H]3[C@@H](c4ccccn4)N=C4S[C@H](C)CN43)o2)cc1Cl. The second-order valence-electron chi connectivity index (χ2n) is 7.30. The Morgan fingerprint density at radius 3 is 2.86 bits per heavy atom. The quantitative estimate of drug-likeness (QED) is 0.540. The van der Waals surface area contributed by atoms with Crippen LogP contribution in [-0.2, 0) is 0 Å². The van der Waals surface area contributed by atoms with Crippen LogP contribution < -0.4 is 0 Å². The van der Waals surface area contributed by atoms with Gasteiger partial charge in [-0.1, -0.05) is 48.5 Å². The molecule has 4 heterocycles. The molecular formula is C22H20ClN3OS. The van der Waals surface area contributed by atoms with Crippen molar-refractivity contribution in [3.63, 3.8) is 0 Å². The molecule has 1 aromatic carbocycles. The number of nitrogens with zero attached hydrogens (tertiary/aromatic N) is 3. The third-order valence-electron chi connectivity index (χ3n) is 5.26. The molecule has 5 rings (SSSR count). The van der Waals surface area contributed by atoms with Gasteiger partial charge in [-0.05, 0) is 42.8 Å². The zero-order valence-electron chi connectivity index (χ0n) is 15.7. The summed E-state index contributed by atoms with van der Waals surface area (Å²) in [5.74, 6) is 1.74. The Hall–Kier alpha value is -2.24. The first-order valence-corrected chi connectivity index (χ1v) is 10.6. The van der Waals surface area contributed by atoms with Crippen LogP contribution in [0.15, 0.2) is 64.1 Å². The molecule has 2 aromatic heterocycles. The second kappa shape index (κ2) is 6.98.